The van der Waals surface area contributed by atoms with Crippen LogP contribution in [-0.2, 0) is 16.6 Å². The van der Waals surface area contributed by atoms with Gasteiger partial charge in [-0.3, -0.25) is 4.98 Å². The van der Waals surface area contributed by atoms with Crippen LogP contribution >= 0.6 is 11.3 Å². The molecule has 0 fully saturated rings. The highest BCUT2D eigenvalue weighted by molar-refractivity contribution is 7.91. The van der Waals surface area contributed by atoms with E-state index in [-0.39, 0.29) is 6.54 Å². The van der Waals surface area contributed by atoms with E-state index in [0.717, 1.165) is 5.56 Å². The first-order chi connectivity index (χ1) is 9.05. The van der Waals surface area contributed by atoms with Gasteiger partial charge in [-0.1, -0.05) is 6.07 Å². The summed E-state index contributed by atoms with van der Waals surface area (Å²) in [6, 6.07) is 5.02. The third-order valence-corrected chi connectivity index (χ3v) is 5.81. The molecular weight excluding hydrogens is 284 g/mol. The number of rotatable bonds is 5. The minimum Gasteiger partial charge on any atom is -0.496 e. The van der Waals surface area contributed by atoms with Crippen LogP contribution in [0, 0.1) is 0 Å². The van der Waals surface area contributed by atoms with Gasteiger partial charge in [0.05, 0.1) is 7.11 Å². The number of sulfonamides is 1. The second kappa shape index (κ2) is 5.68. The minimum absolute atomic E-state index is 0.219. The van der Waals surface area contributed by atoms with E-state index in [2.05, 4.69) is 4.98 Å². The van der Waals surface area contributed by atoms with Crippen LogP contribution in [0.15, 0.2) is 40.2 Å². The Kier molecular flexibility index (Phi) is 4.18. The van der Waals surface area contributed by atoms with Gasteiger partial charge in [0.1, 0.15) is 9.96 Å². The zero-order chi connectivity index (χ0) is 13.9. The Hall–Kier alpha value is -1.44. The summed E-state index contributed by atoms with van der Waals surface area (Å²) < 4.78 is 31.4. The number of aromatic nitrogens is 1. The Bertz CT molecular complexity index is 639. The Morgan fingerprint density at radius 1 is 1.42 bits per heavy atom. The van der Waals surface area contributed by atoms with Crippen LogP contribution < -0.4 is 4.74 Å². The molecule has 2 rings (SSSR count). The number of hydrogen-bond donors (Lipinski definition) is 0. The largest absolute Gasteiger partial charge is 0.496 e. The third kappa shape index (κ3) is 2.94. The van der Waals surface area contributed by atoms with Gasteiger partial charge in [0.15, 0.2) is 0 Å². The second-order valence-electron chi connectivity index (χ2n) is 3.88. The normalized spacial score (nSPS) is 11.7. The zero-order valence-corrected chi connectivity index (χ0v) is 12.2. The van der Waals surface area contributed by atoms with Crippen molar-refractivity contribution in [3.05, 3.63) is 41.5 Å². The van der Waals surface area contributed by atoms with Gasteiger partial charge >= 0.3 is 0 Å². The average Bonchev–Trinajstić information content (AvgIpc) is 2.93. The van der Waals surface area contributed by atoms with Crippen molar-refractivity contribution in [3.8, 4) is 5.75 Å². The van der Waals surface area contributed by atoms with Crippen LogP contribution in [0.25, 0.3) is 0 Å². The van der Waals surface area contributed by atoms with Crippen LogP contribution in [0.1, 0.15) is 5.56 Å². The van der Waals surface area contributed by atoms with Crippen molar-refractivity contribution in [2.24, 2.45) is 0 Å². The van der Waals surface area contributed by atoms with Gasteiger partial charge in [-0.25, -0.2) is 8.42 Å². The Morgan fingerprint density at radius 2 is 2.21 bits per heavy atom. The standard InChI is InChI=1S/C12H14N2O3S2/c1-14(19(15,16)12-4-3-7-18-12)9-10-8-13-6-5-11(10)17-2/h3-8H,9H2,1-2H3. The molecule has 0 saturated heterocycles. The summed E-state index contributed by atoms with van der Waals surface area (Å²) in [7, 11) is -0.359. The highest BCUT2D eigenvalue weighted by Gasteiger charge is 2.22. The fourth-order valence-corrected chi connectivity index (χ4v) is 3.97. The van der Waals surface area contributed by atoms with E-state index in [0.29, 0.717) is 9.96 Å². The zero-order valence-electron chi connectivity index (χ0n) is 10.6. The first-order valence-electron chi connectivity index (χ1n) is 5.52. The molecule has 102 valence electrons. The van der Waals surface area contributed by atoms with E-state index in [1.54, 1.807) is 50.1 Å². The van der Waals surface area contributed by atoms with Crippen molar-refractivity contribution in [3.63, 3.8) is 0 Å². The lowest BCUT2D eigenvalue weighted by Gasteiger charge is -2.17. The second-order valence-corrected chi connectivity index (χ2v) is 7.10. The van der Waals surface area contributed by atoms with Gasteiger partial charge in [0.2, 0.25) is 0 Å². The molecule has 2 aromatic rings. The first-order valence-corrected chi connectivity index (χ1v) is 7.84. The van der Waals surface area contributed by atoms with Gasteiger partial charge < -0.3 is 4.74 Å². The molecule has 7 heteroatoms. The fourth-order valence-electron chi connectivity index (χ4n) is 1.62. The summed E-state index contributed by atoms with van der Waals surface area (Å²) in [6.07, 6.45) is 3.22. The molecule has 0 aliphatic rings. The number of pyridine rings is 1. The van der Waals surface area contributed by atoms with Gasteiger partial charge in [-0.05, 0) is 17.5 Å². The maximum Gasteiger partial charge on any atom is 0.252 e. The molecular formula is C12H14N2O3S2. The molecule has 0 bridgehead atoms. The maximum absolute atomic E-state index is 12.3. The molecule has 0 atom stereocenters. The number of nitrogens with zero attached hydrogens (tertiary/aromatic N) is 2. The van der Waals surface area contributed by atoms with E-state index in [4.69, 9.17) is 4.74 Å². The molecule has 0 amide bonds. The number of ether oxygens (including phenoxy) is 1. The van der Waals surface area contributed by atoms with Crippen LogP contribution in [0.3, 0.4) is 0 Å². The molecule has 0 spiro atoms. The quantitative estimate of drug-likeness (QED) is 0.847. The molecule has 0 aliphatic heterocycles. The first kappa shape index (κ1) is 14.0. The van der Waals surface area contributed by atoms with Gasteiger partial charge in [-0.15, -0.1) is 11.3 Å². The number of hydrogen-bond acceptors (Lipinski definition) is 5. The van der Waals surface area contributed by atoms with Crippen LogP contribution in [0.4, 0.5) is 0 Å². The van der Waals surface area contributed by atoms with Crippen molar-refractivity contribution < 1.29 is 13.2 Å². The molecule has 0 aliphatic carbocycles. The smallest absolute Gasteiger partial charge is 0.252 e. The topological polar surface area (TPSA) is 59.5 Å². The molecule has 2 aromatic heterocycles. The SMILES string of the molecule is COc1ccncc1CN(C)S(=O)(=O)c1cccs1. The fraction of sp³-hybridized carbons (Fsp3) is 0.250. The molecule has 0 saturated carbocycles. The summed E-state index contributed by atoms with van der Waals surface area (Å²) >= 11 is 1.20. The number of methoxy groups -OCH3 is 1. The molecule has 0 radical (unpaired) electrons. The minimum atomic E-state index is -3.45. The lowest BCUT2D eigenvalue weighted by Crippen LogP contribution is -2.26. The highest BCUT2D eigenvalue weighted by Crippen LogP contribution is 2.24. The van der Waals surface area contributed by atoms with Gasteiger partial charge in [0, 0.05) is 31.5 Å². The van der Waals surface area contributed by atoms with Crippen LogP contribution in [0.5, 0.6) is 5.75 Å². The summed E-state index contributed by atoms with van der Waals surface area (Å²) in [6.45, 7) is 0.219. The van der Waals surface area contributed by atoms with Gasteiger partial charge in [0.25, 0.3) is 10.0 Å². The molecule has 0 aromatic carbocycles. The molecule has 0 unspecified atom stereocenters. The van der Waals surface area contributed by atoms with Gasteiger partial charge in [-0.2, -0.15) is 4.31 Å². The van der Waals surface area contributed by atoms with E-state index in [1.165, 1.54) is 15.6 Å². The predicted octanol–water partition coefficient (Wildman–Crippen LogP) is 1.97. The Labute approximate surface area is 116 Å². The third-order valence-electron chi connectivity index (χ3n) is 2.63. The molecule has 19 heavy (non-hydrogen) atoms. The van der Waals surface area contributed by atoms with Crippen molar-refractivity contribution in [1.29, 1.82) is 0 Å². The lowest BCUT2D eigenvalue weighted by molar-refractivity contribution is 0.397. The number of thiophene rings is 1. The monoisotopic (exact) mass is 298 g/mol. The predicted molar refractivity (Wildman–Crippen MR) is 73.8 cm³/mol. The highest BCUT2D eigenvalue weighted by atomic mass is 32.2. The summed E-state index contributed by atoms with van der Waals surface area (Å²) in [4.78, 5) is 3.99. The van der Waals surface area contributed by atoms with E-state index >= 15 is 0 Å². The average molecular weight is 298 g/mol. The molecule has 0 N–H and O–H groups in total. The summed E-state index contributed by atoms with van der Waals surface area (Å²) in [5.74, 6) is 0.628. The Morgan fingerprint density at radius 3 is 2.84 bits per heavy atom. The van der Waals surface area contributed by atoms with Crippen LogP contribution in [-0.4, -0.2) is 31.9 Å². The van der Waals surface area contributed by atoms with Crippen molar-refractivity contribution in [1.82, 2.24) is 9.29 Å². The summed E-state index contributed by atoms with van der Waals surface area (Å²) in [5, 5.41) is 1.74. The van der Waals surface area contributed by atoms with E-state index in [1.807, 2.05) is 0 Å². The molecule has 2 heterocycles. The van der Waals surface area contributed by atoms with Crippen molar-refractivity contribution >= 4 is 21.4 Å². The van der Waals surface area contributed by atoms with E-state index in [9.17, 15) is 8.42 Å². The molecule has 5 nitrogen and oxygen atoms in total. The van der Waals surface area contributed by atoms with E-state index < -0.39 is 10.0 Å². The lowest BCUT2D eigenvalue weighted by atomic mass is 10.2. The summed E-state index contributed by atoms with van der Waals surface area (Å²) in [5.41, 5.74) is 0.729. The van der Waals surface area contributed by atoms with Crippen molar-refractivity contribution in [2.75, 3.05) is 14.2 Å². The van der Waals surface area contributed by atoms with Crippen LogP contribution in [0.2, 0.25) is 0 Å². The maximum atomic E-state index is 12.3. The van der Waals surface area contributed by atoms with Crippen molar-refractivity contribution in [2.45, 2.75) is 10.8 Å². The Balaban J connectivity index is 2.24.